The molecule has 0 radical (unpaired) electrons. The number of hydrogen-bond donors (Lipinski definition) is 2. The molecule has 16 heavy (non-hydrogen) atoms. The lowest BCUT2D eigenvalue weighted by atomic mass is 10.2. The Hall–Kier alpha value is -1.36. The Morgan fingerprint density at radius 1 is 1.56 bits per heavy atom. The number of aromatic carboxylic acids is 1. The molecule has 0 bridgehead atoms. The highest BCUT2D eigenvalue weighted by molar-refractivity contribution is 7.84. The van der Waals surface area contributed by atoms with Gasteiger partial charge >= 0.3 is 5.97 Å². The Balaban J connectivity index is 2.70. The van der Waals surface area contributed by atoms with Crippen LogP contribution < -0.4 is 5.32 Å². The summed E-state index contributed by atoms with van der Waals surface area (Å²) in [5, 5.41) is 11.9. The quantitative estimate of drug-likeness (QED) is 0.821. The van der Waals surface area contributed by atoms with Crippen LogP contribution in [0.4, 0.5) is 5.69 Å². The van der Waals surface area contributed by atoms with Gasteiger partial charge < -0.3 is 10.4 Å². The van der Waals surface area contributed by atoms with E-state index in [0.717, 1.165) is 5.69 Å². The molecule has 2 N–H and O–H groups in total. The van der Waals surface area contributed by atoms with Crippen molar-refractivity contribution in [3.63, 3.8) is 0 Å². The molecule has 4 nitrogen and oxygen atoms in total. The van der Waals surface area contributed by atoms with Gasteiger partial charge in [0.1, 0.15) is 0 Å². The first-order valence-corrected chi connectivity index (χ1v) is 6.61. The van der Waals surface area contributed by atoms with Crippen LogP contribution in [0.5, 0.6) is 0 Å². The Morgan fingerprint density at radius 3 is 2.81 bits per heavy atom. The van der Waals surface area contributed by atoms with Crippen molar-refractivity contribution in [2.75, 3.05) is 17.3 Å². The van der Waals surface area contributed by atoms with Crippen LogP contribution in [0, 0.1) is 0 Å². The molecule has 1 aromatic rings. The van der Waals surface area contributed by atoms with E-state index in [9.17, 15) is 9.00 Å². The molecule has 0 heterocycles. The molecule has 0 aliphatic rings. The molecular formula is C11H15NO3S. The van der Waals surface area contributed by atoms with Gasteiger partial charge in [0.25, 0.3) is 0 Å². The predicted molar refractivity (Wildman–Crippen MR) is 65.4 cm³/mol. The lowest BCUT2D eigenvalue weighted by Gasteiger charge is -2.14. The lowest BCUT2D eigenvalue weighted by molar-refractivity contribution is 0.0697. The van der Waals surface area contributed by atoms with E-state index in [2.05, 4.69) is 5.32 Å². The minimum atomic E-state index is -0.949. The van der Waals surface area contributed by atoms with Crippen LogP contribution in [0.15, 0.2) is 24.3 Å². The summed E-state index contributed by atoms with van der Waals surface area (Å²) in [6.45, 7) is 1.91. The standard InChI is InChI=1S/C11H15NO3S/c1-8(7-16(2)15)12-10-5-3-4-9(6-10)11(13)14/h3-6,8,12H,7H2,1-2H3,(H,13,14). The summed E-state index contributed by atoms with van der Waals surface area (Å²) in [5.41, 5.74) is 0.979. The van der Waals surface area contributed by atoms with E-state index in [1.54, 1.807) is 24.5 Å². The van der Waals surface area contributed by atoms with Crippen molar-refractivity contribution in [1.82, 2.24) is 0 Å². The third-order valence-electron chi connectivity index (χ3n) is 2.01. The van der Waals surface area contributed by atoms with Crippen LogP contribution in [-0.4, -0.2) is 33.3 Å². The second kappa shape index (κ2) is 5.65. The molecule has 88 valence electrons. The van der Waals surface area contributed by atoms with E-state index in [1.807, 2.05) is 6.92 Å². The fourth-order valence-electron chi connectivity index (χ4n) is 1.42. The van der Waals surface area contributed by atoms with E-state index in [0.29, 0.717) is 5.75 Å². The van der Waals surface area contributed by atoms with Crippen LogP contribution in [0.2, 0.25) is 0 Å². The molecule has 0 aliphatic heterocycles. The fraction of sp³-hybridized carbons (Fsp3) is 0.364. The van der Waals surface area contributed by atoms with Crippen molar-refractivity contribution in [3.05, 3.63) is 29.8 Å². The number of nitrogens with one attached hydrogen (secondary N) is 1. The average Bonchev–Trinajstić information content (AvgIpc) is 2.16. The molecule has 0 amide bonds. The SMILES string of the molecule is CC(CS(C)=O)Nc1cccc(C(=O)O)c1. The molecule has 0 spiro atoms. The highest BCUT2D eigenvalue weighted by Gasteiger charge is 2.06. The summed E-state index contributed by atoms with van der Waals surface area (Å²) in [5.74, 6) is -0.410. The van der Waals surface area contributed by atoms with Gasteiger partial charge in [-0.2, -0.15) is 0 Å². The summed E-state index contributed by atoms with van der Waals surface area (Å²) in [4.78, 5) is 10.7. The average molecular weight is 241 g/mol. The molecule has 0 aromatic heterocycles. The number of hydrogen-bond acceptors (Lipinski definition) is 3. The minimum absolute atomic E-state index is 0.0508. The Labute approximate surface area is 97.1 Å². The van der Waals surface area contributed by atoms with Crippen LogP contribution in [-0.2, 0) is 10.8 Å². The number of anilines is 1. The van der Waals surface area contributed by atoms with Crippen LogP contribution in [0.25, 0.3) is 0 Å². The molecular weight excluding hydrogens is 226 g/mol. The third kappa shape index (κ3) is 4.02. The van der Waals surface area contributed by atoms with Crippen molar-refractivity contribution in [2.24, 2.45) is 0 Å². The molecule has 0 aliphatic carbocycles. The number of benzene rings is 1. The van der Waals surface area contributed by atoms with Gasteiger partial charge in [-0.05, 0) is 25.1 Å². The largest absolute Gasteiger partial charge is 0.478 e. The van der Waals surface area contributed by atoms with Gasteiger partial charge in [0.2, 0.25) is 0 Å². The Kier molecular flexibility index (Phi) is 4.49. The maximum Gasteiger partial charge on any atom is 0.335 e. The first kappa shape index (κ1) is 12.7. The highest BCUT2D eigenvalue weighted by atomic mass is 32.2. The molecule has 0 saturated carbocycles. The second-order valence-electron chi connectivity index (χ2n) is 3.67. The molecule has 2 unspecified atom stereocenters. The second-order valence-corrected chi connectivity index (χ2v) is 5.15. The van der Waals surface area contributed by atoms with Crippen LogP contribution >= 0.6 is 0 Å². The maximum absolute atomic E-state index is 11.0. The Morgan fingerprint density at radius 2 is 2.25 bits per heavy atom. The fourth-order valence-corrected chi connectivity index (χ4v) is 2.21. The van der Waals surface area contributed by atoms with E-state index in [-0.39, 0.29) is 11.6 Å². The van der Waals surface area contributed by atoms with Crippen LogP contribution in [0.3, 0.4) is 0 Å². The molecule has 1 aromatic carbocycles. The van der Waals surface area contributed by atoms with Gasteiger partial charge in [0.15, 0.2) is 0 Å². The van der Waals surface area contributed by atoms with E-state index < -0.39 is 16.8 Å². The molecule has 0 saturated heterocycles. The monoisotopic (exact) mass is 241 g/mol. The number of carboxylic acids is 1. The van der Waals surface area contributed by atoms with E-state index in [4.69, 9.17) is 5.11 Å². The molecule has 0 fully saturated rings. The lowest BCUT2D eigenvalue weighted by Crippen LogP contribution is -2.22. The summed E-state index contributed by atoms with van der Waals surface area (Å²) >= 11 is 0. The zero-order valence-electron chi connectivity index (χ0n) is 9.27. The van der Waals surface area contributed by atoms with Gasteiger partial charge in [-0.15, -0.1) is 0 Å². The van der Waals surface area contributed by atoms with Crippen LogP contribution in [0.1, 0.15) is 17.3 Å². The highest BCUT2D eigenvalue weighted by Crippen LogP contribution is 2.12. The van der Waals surface area contributed by atoms with Crippen molar-refractivity contribution in [1.29, 1.82) is 0 Å². The molecule has 2 atom stereocenters. The first-order chi connectivity index (χ1) is 7.49. The number of carbonyl (C=O) groups is 1. The molecule has 5 heteroatoms. The topological polar surface area (TPSA) is 66.4 Å². The zero-order chi connectivity index (χ0) is 12.1. The number of rotatable bonds is 5. The minimum Gasteiger partial charge on any atom is -0.478 e. The van der Waals surface area contributed by atoms with E-state index in [1.165, 1.54) is 6.07 Å². The predicted octanol–water partition coefficient (Wildman–Crippen LogP) is 1.56. The van der Waals surface area contributed by atoms with Gasteiger partial charge in [-0.25, -0.2) is 4.79 Å². The molecule has 1 rings (SSSR count). The number of carboxylic acid groups (broad SMARTS) is 1. The summed E-state index contributed by atoms with van der Waals surface area (Å²) in [7, 11) is -0.862. The smallest absolute Gasteiger partial charge is 0.335 e. The van der Waals surface area contributed by atoms with Crippen molar-refractivity contribution < 1.29 is 14.1 Å². The normalized spacial score (nSPS) is 14.1. The zero-order valence-corrected chi connectivity index (χ0v) is 10.1. The third-order valence-corrected chi connectivity index (χ3v) is 2.98. The van der Waals surface area contributed by atoms with Crippen molar-refractivity contribution in [2.45, 2.75) is 13.0 Å². The summed E-state index contributed by atoms with van der Waals surface area (Å²) in [6, 6.07) is 6.63. The maximum atomic E-state index is 11.0. The van der Waals surface area contributed by atoms with Gasteiger partial charge in [-0.1, -0.05) is 6.07 Å². The van der Waals surface area contributed by atoms with Crippen molar-refractivity contribution >= 4 is 22.5 Å². The van der Waals surface area contributed by atoms with Gasteiger partial charge in [-0.3, -0.25) is 4.21 Å². The van der Waals surface area contributed by atoms with Crippen molar-refractivity contribution in [3.8, 4) is 0 Å². The first-order valence-electron chi connectivity index (χ1n) is 4.89. The van der Waals surface area contributed by atoms with E-state index >= 15 is 0 Å². The summed E-state index contributed by atoms with van der Waals surface area (Å²) in [6.07, 6.45) is 1.64. The summed E-state index contributed by atoms with van der Waals surface area (Å²) < 4.78 is 11.0. The van der Waals surface area contributed by atoms with Gasteiger partial charge in [0.05, 0.1) is 5.56 Å². The van der Waals surface area contributed by atoms with Gasteiger partial charge in [0, 0.05) is 34.5 Å². The Bertz CT molecular complexity index is 406.